The number of hydrogen-bond donors (Lipinski definition) is 0. The number of aryl methyl sites for hydroxylation is 1. The summed E-state index contributed by atoms with van der Waals surface area (Å²) in [6.07, 6.45) is 1.45. The molecule has 0 unspecified atom stereocenters. The lowest BCUT2D eigenvalue weighted by atomic mass is 10.0. The predicted octanol–water partition coefficient (Wildman–Crippen LogP) is 2.36. The van der Waals surface area contributed by atoms with E-state index in [4.69, 9.17) is 4.74 Å². The fraction of sp³-hybridized carbons (Fsp3) is 0.214. The average Bonchev–Trinajstić information content (AvgIpc) is 2.42. The number of rotatable bonds is 4. The molecule has 5 heteroatoms. The Hall–Kier alpha value is -2.30. The zero-order valence-electron chi connectivity index (χ0n) is 10.7. The number of nitrogens with zero attached hydrogens (tertiary/aromatic N) is 2. The van der Waals surface area contributed by atoms with Gasteiger partial charge in [0.15, 0.2) is 5.78 Å². The molecular formula is C14H13FN2O2. The minimum Gasteiger partial charge on any atom is -0.481 e. The lowest BCUT2D eigenvalue weighted by Gasteiger charge is -2.05. The highest BCUT2D eigenvalue weighted by Crippen LogP contribution is 2.14. The Morgan fingerprint density at radius 3 is 2.79 bits per heavy atom. The van der Waals surface area contributed by atoms with Crippen molar-refractivity contribution in [3.8, 4) is 5.88 Å². The maximum atomic E-state index is 13.0. The molecule has 4 nitrogen and oxygen atoms in total. The lowest BCUT2D eigenvalue weighted by molar-refractivity contribution is 0.0987. The first-order valence-electron chi connectivity index (χ1n) is 5.74. The first-order chi connectivity index (χ1) is 9.10. The van der Waals surface area contributed by atoms with Crippen LogP contribution in [0.4, 0.5) is 4.39 Å². The maximum Gasteiger partial charge on any atom is 0.216 e. The van der Waals surface area contributed by atoms with Crippen molar-refractivity contribution >= 4 is 5.78 Å². The Bertz CT molecular complexity index is 614. The fourth-order valence-electron chi connectivity index (χ4n) is 1.72. The summed E-state index contributed by atoms with van der Waals surface area (Å²) in [5.74, 6) is -0.123. The first kappa shape index (κ1) is 13.1. The minimum absolute atomic E-state index is 0.157. The molecule has 0 radical (unpaired) electrons. The van der Waals surface area contributed by atoms with Gasteiger partial charge in [-0.1, -0.05) is 6.07 Å². The molecule has 1 aromatic carbocycles. The molecule has 0 saturated heterocycles. The molecule has 1 heterocycles. The molecule has 0 spiro atoms. The van der Waals surface area contributed by atoms with Gasteiger partial charge >= 0.3 is 0 Å². The minimum atomic E-state index is -0.308. The van der Waals surface area contributed by atoms with Crippen molar-refractivity contribution in [2.24, 2.45) is 0 Å². The Kier molecular flexibility index (Phi) is 3.85. The molecule has 0 N–H and O–H groups in total. The molecular weight excluding hydrogens is 247 g/mol. The fourth-order valence-corrected chi connectivity index (χ4v) is 1.72. The van der Waals surface area contributed by atoms with Crippen LogP contribution >= 0.6 is 0 Å². The summed E-state index contributed by atoms with van der Waals surface area (Å²) in [5, 5.41) is 0. The molecule has 0 aliphatic rings. The summed E-state index contributed by atoms with van der Waals surface area (Å²) in [5.41, 5.74) is 1.81. The number of benzene rings is 1. The highest BCUT2D eigenvalue weighted by Gasteiger charge is 2.12. The standard InChI is InChI=1S/C14H13FN2O2/c1-9-5-11(15)4-3-10(9)6-13(18)12-7-14(19-2)17-8-16-12/h3-5,7-8H,6H2,1-2H3. The van der Waals surface area contributed by atoms with E-state index in [9.17, 15) is 9.18 Å². The molecule has 2 rings (SSSR count). The van der Waals surface area contributed by atoms with Crippen molar-refractivity contribution < 1.29 is 13.9 Å². The number of halogens is 1. The number of aromatic nitrogens is 2. The summed E-state index contributed by atoms with van der Waals surface area (Å²) >= 11 is 0. The number of ether oxygens (including phenoxy) is 1. The van der Waals surface area contributed by atoms with Crippen LogP contribution in [-0.2, 0) is 6.42 Å². The molecule has 2 aromatic rings. The van der Waals surface area contributed by atoms with Gasteiger partial charge in [0.25, 0.3) is 0 Å². The topological polar surface area (TPSA) is 52.1 Å². The number of ketones is 1. The van der Waals surface area contributed by atoms with Crippen molar-refractivity contribution in [2.45, 2.75) is 13.3 Å². The zero-order valence-corrected chi connectivity index (χ0v) is 10.7. The van der Waals surface area contributed by atoms with E-state index in [-0.39, 0.29) is 23.7 Å². The second kappa shape index (κ2) is 5.56. The van der Waals surface area contributed by atoms with E-state index in [1.54, 1.807) is 13.0 Å². The van der Waals surface area contributed by atoms with Crippen molar-refractivity contribution in [2.75, 3.05) is 7.11 Å². The first-order valence-corrected chi connectivity index (χ1v) is 5.74. The van der Waals surface area contributed by atoms with E-state index in [1.807, 2.05) is 0 Å². The number of Topliss-reactive ketones (excluding diaryl/α,β-unsaturated/α-hetero) is 1. The predicted molar refractivity (Wildman–Crippen MR) is 67.8 cm³/mol. The summed E-state index contributed by atoms with van der Waals surface area (Å²) in [6, 6.07) is 5.85. The zero-order chi connectivity index (χ0) is 13.8. The molecule has 0 fully saturated rings. The molecule has 19 heavy (non-hydrogen) atoms. The van der Waals surface area contributed by atoms with Crippen molar-refractivity contribution in [3.63, 3.8) is 0 Å². The molecule has 0 aliphatic heterocycles. The summed E-state index contributed by atoms with van der Waals surface area (Å²) in [4.78, 5) is 19.8. The molecule has 0 aliphatic carbocycles. The van der Waals surface area contributed by atoms with Crippen LogP contribution < -0.4 is 4.74 Å². The van der Waals surface area contributed by atoms with Gasteiger partial charge in [-0.05, 0) is 30.2 Å². The van der Waals surface area contributed by atoms with Gasteiger partial charge in [0.2, 0.25) is 5.88 Å². The van der Waals surface area contributed by atoms with Gasteiger partial charge in [-0.3, -0.25) is 4.79 Å². The average molecular weight is 260 g/mol. The molecule has 1 aromatic heterocycles. The van der Waals surface area contributed by atoms with Crippen LogP contribution in [0, 0.1) is 12.7 Å². The Morgan fingerprint density at radius 1 is 1.32 bits per heavy atom. The third-order valence-electron chi connectivity index (χ3n) is 2.79. The van der Waals surface area contributed by atoms with Crippen LogP contribution in [0.2, 0.25) is 0 Å². The quantitative estimate of drug-likeness (QED) is 0.792. The second-order valence-electron chi connectivity index (χ2n) is 4.12. The van der Waals surface area contributed by atoms with E-state index < -0.39 is 0 Å². The Labute approximate surface area is 110 Å². The largest absolute Gasteiger partial charge is 0.481 e. The van der Waals surface area contributed by atoms with Crippen molar-refractivity contribution in [1.29, 1.82) is 0 Å². The van der Waals surface area contributed by atoms with E-state index >= 15 is 0 Å². The van der Waals surface area contributed by atoms with Crippen LogP contribution in [-0.4, -0.2) is 22.9 Å². The smallest absolute Gasteiger partial charge is 0.216 e. The summed E-state index contributed by atoms with van der Waals surface area (Å²) in [6.45, 7) is 1.77. The molecule has 0 amide bonds. The maximum absolute atomic E-state index is 13.0. The Balaban J connectivity index is 2.20. The lowest BCUT2D eigenvalue weighted by Crippen LogP contribution is -2.08. The van der Waals surface area contributed by atoms with Crippen LogP contribution in [0.25, 0.3) is 0 Å². The number of hydrogen-bond acceptors (Lipinski definition) is 4. The number of methoxy groups -OCH3 is 1. The van der Waals surface area contributed by atoms with Crippen LogP contribution in [0.1, 0.15) is 21.6 Å². The van der Waals surface area contributed by atoms with Gasteiger partial charge in [0, 0.05) is 12.5 Å². The SMILES string of the molecule is COc1cc(C(=O)Cc2ccc(F)cc2C)ncn1. The molecule has 0 saturated carbocycles. The van der Waals surface area contributed by atoms with Gasteiger partial charge in [-0.2, -0.15) is 0 Å². The van der Waals surface area contributed by atoms with Crippen molar-refractivity contribution in [1.82, 2.24) is 9.97 Å². The van der Waals surface area contributed by atoms with Crippen LogP contribution in [0.3, 0.4) is 0 Å². The van der Waals surface area contributed by atoms with E-state index in [2.05, 4.69) is 9.97 Å². The third kappa shape index (κ3) is 3.13. The van der Waals surface area contributed by atoms with Gasteiger partial charge < -0.3 is 4.74 Å². The van der Waals surface area contributed by atoms with E-state index in [1.165, 1.54) is 31.6 Å². The van der Waals surface area contributed by atoms with E-state index in [0.717, 1.165) is 11.1 Å². The molecule has 0 bridgehead atoms. The Morgan fingerprint density at radius 2 is 2.11 bits per heavy atom. The molecule has 0 atom stereocenters. The number of carbonyl (C=O) groups is 1. The number of carbonyl (C=O) groups excluding carboxylic acids is 1. The normalized spacial score (nSPS) is 10.3. The van der Waals surface area contributed by atoms with Gasteiger partial charge in [-0.25, -0.2) is 14.4 Å². The van der Waals surface area contributed by atoms with E-state index in [0.29, 0.717) is 5.88 Å². The third-order valence-corrected chi connectivity index (χ3v) is 2.79. The highest BCUT2D eigenvalue weighted by atomic mass is 19.1. The summed E-state index contributed by atoms with van der Waals surface area (Å²) < 4.78 is 17.9. The van der Waals surface area contributed by atoms with Crippen LogP contribution in [0.15, 0.2) is 30.6 Å². The second-order valence-corrected chi connectivity index (χ2v) is 4.12. The molecule has 98 valence electrons. The monoisotopic (exact) mass is 260 g/mol. The highest BCUT2D eigenvalue weighted by molar-refractivity contribution is 5.96. The van der Waals surface area contributed by atoms with Gasteiger partial charge in [0.05, 0.1) is 7.11 Å². The van der Waals surface area contributed by atoms with Crippen LogP contribution in [0.5, 0.6) is 5.88 Å². The van der Waals surface area contributed by atoms with Crippen molar-refractivity contribution in [3.05, 3.63) is 53.2 Å². The van der Waals surface area contributed by atoms with Gasteiger partial charge in [0.1, 0.15) is 17.8 Å². The summed E-state index contributed by atoms with van der Waals surface area (Å²) in [7, 11) is 1.47. The van der Waals surface area contributed by atoms with Gasteiger partial charge in [-0.15, -0.1) is 0 Å².